The van der Waals surface area contributed by atoms with Crippen LogP contribution in [0.25, 0.3) is 22.0 Å². The van der Waals surface area contributed by atoms with E-state index in [2.05, 4.69) is 44.4 Å². The van der Waals surface area contributed by atoms with Crippen molar-refractivity contribution in [1.29, 1.82) is 0 Å². The van der Waals surface area contributed by atoms with Crippen LogP contribution in [0.1, 0.15) is 10.4 Å². The van der Waals surface area contributed by atoms with Gasteiger partial charge in [-0.15, -0.1) is 11.3 Å². The summed E-state index contributed by atoms with van der Waals surface area (Å²) in [6.07, 6.45) is 0. The molecular weight excluding hydrogens is 424 g/mol. The molecule has 1 amide bonds. The minimum absolute atomic E-state index is 0.257. The van der Waals surface area contributed by atoms with E-state index in [1.165, 1.54) is 11.3 Å². The molecule has 0 radical (unpaired) electrons. The normalized spacial score (nSPS) is 10.7. The van der Waals surface area contributed by atoms with Crippen LogP contribution in [-0.4, -0.2) is 18.0 Å². The van der Waals surface area contributed by atoms with Crippen LogP contribution >= 0.6 is 27.3 Å². The molecule has 0 aliphatic carbocycles. The van der Waals surface area contributed by atoms with E-state index < -0.39 is 0 Å². The van der Waals surface area contributed by atoms with Gasteiger partial charge in [0.15, 0.2) is 5.13 Å². The SMILES string of the molecule is COc1ccc(Br)cc1C(=O)Nc1nc(-c2cccc3ccccc23)cs1. The Morgan fingerprint density at radius 3 is 2.78 bits per heavy atom. The molecule has 4 nitrogen and oxygen atoms in total. The van der Waals surface area contributed by atoms with Gasteiger partial charge in [-0.3, -0.25) is 10.1 Å². The summed E-state index contributed by atoms with van der Waals surface area (Å²) in [5.41, 5.74) is 2.34. The number of hydrogen-bond acceptors (Lipinski definition) is 4. The highest BCUT2D eigenvalue weighted by atomic mass is 79.9. The second-order valence-corrected chi connectivity index (χ2v) is 7.64. The van der Waals surface area contributed by atoms with Crippen LogP contribution in [0.3, 0.4) is 0 Å². The van der Waals surface area contributed by atoms with Crippen LogP contribution in [0.5, 0.6) is 5.75 Å². The number of rotatable bonds is 4. The largest absolute Gasteiger partial charge is 0.496 e. The number of halogens is 1. The number of carbonyl (C=O) groups excluding carboxylic acids is 1. The van der Waals surface area contributed by atoms with Gasteiger partial charge in [-0.2, -0.15) is 0 Å². The van der Waals surface area contributed by atoms with Gasteiger partial charge in [0, 0.05) is 15.4 Å². The molecule has 0 atom stereocenters. The van der Waals surface area contributed by atoms with Gasteiger partial charge in [-0.05, 0) is 29.0 Å². The number of hydrogen-bond donors (Lipinski definition) is 1. The number of thiazole rings is 1. The van der Waals surface area contributed by atoms with Gasteiger partial charge >= 0.3 is 0 Å². The van der Waals surface area contributed by atoms with Gasteiger partial charge in [0.1, 0.15) is 5.75 Å². The van der Waals surface area contributed by atoms with Crippen molar-refractivity contribution in [3.05, 3.63) is 76.1 Å². The van der Waals surface area contributed by atoms with Crippen LogP contribution < -0.4 is 10.1 Å². The first kappa shape index (κ1) is 17.7. The Labute approximate surface area is 169 Å². The lowest BCUT2D eigenvalue weighted by molar-refractivity contribution is 0.102. The number of amides is 1. The van der Waals surface area contributed by atoms with Crippen molar-refractivity contribution in [1.82, 2.24) is 4.98 Å². The molecule has 0 bridgehead atoms. The Balaban J connectivity index is 1.64. The molecule has 1 N–H and O–H groups in total. The van der Waals surface area contributed by atoms with Gasteiger partial charge < -0.3 is 4.74 Å². The third-order valence-electron chi connectivity index (χ3n) is 4.20. The summed E-state index contributed by atoms with van der Waals surface area (Å²) in [7, 11) is 1.54. The monoisotopic (exact) mass is 438 g/mol. The molecule has 4 aromatic rings. The average molecular weight is 439 g/mol. The van der Waals surface area contributed by atoms with Crippen molar-refractivity contribution in [2.45, 2.75) is 0 Å². The first-order valence-corrected chi connectivity index (χ1v) is 9.91. The predicted molar refractivity (Wildman–Crippen MR) is 114 cm³/mol. The second-order valence-electron chi connectivity index (χ2n) is 5.86. The van der Waals surface area contributed by atoms with E-state index in [1.54, 1.807) is 19.2 Å². The number of anilines is 1. The summed E-state index contributed by atoms with van der Waals surface area (Å²) in [5.74, 6) is 0.258. The number of aromatic nitrogens is 1. The fourth-order valence-corrected chi connectivity index (χ4v) is 3.99. The van der Waals surface area contributed by atoms with Crippen molar-refractivity contribution in [2.75, 3.05) is 12.4 Å². The molecule has 6 heteroatoms. The van der Waals surface area contributed by atoms with Crippen molar-refractivity contribution in [2.24, 2.45) is 0 Å². The predicted octanol–water partition coefficient (Wildman–Crippen LogP) is 5.99. The maximum Gasteiger partial charge on any atom is 0.261 e. The van der Waals surface area contributed by atoms with Gasteiger partial charge in [-0.25, -0.2) is 4.98 Å². The molecule has 0 aliphatic rings. The van der Waals surface area contributed by atoms with Crippen LogP contribution in [0.2, 0.25) is 0 Å². The smallest absolute Gasteiger partial charge is 0.261 e. The lowest BCUT2D eigenvalue weighted by Gasteiger charge is -2.08. The minimum Gasteiger partial charge on any atom is -0.496 e. The number of methoxy groups -OCH3 is 1. The minimum atomic E-state index is -0.257. The van der Waals surface area contributed by atoms with E-state index in [0.717, 1.165) is 26.5 Å². The molecule has 27 heavy (non-hydrogen) atoms. The van der Waals surface area contributed by atoms with E-state index in [9.17, 15) is 4.79 Å². The van der Waals surface area contributed by atoms with Crippen LogP contribution in [-0.2, 0) is 0 Å². The van der Waals surface area contributed by atoms with Gasteiger partial charge in [0.25, 0.3) is 5.91 Å². The summed E-state index contributed by atoms with van der Waals surface area (Å²) in [4.78, 5) is 17.3. The highest BCUT2D eigenvalue weighted by Crippen LogP contribution is 2.31. The van der Waals surface area contributed by atoms with E-state index in [0.29, 0.717) is 16.4 Å². The maximum atomic E-state index is 12.7. The van der Waals surface area contributed by atoms with Gasteiger partial charge in [-0.1, -0.05) is 58.4 Å². The number of benzene rings is 3. The van der Waals surface area contributed by atoms with E-state index in [4.69, 9.17) is 4.74 Å². The molecule has 0 fully saturated rings. The van der Waals surface area contributed by atoms with Crippen molar-refractivity contribution < 1.29 is 9.53 Å². The van der Waals surface area contributed by atoms with Crippen molar-refractivity contribution in [3.63, 3.8) is 0 Å². The Morgan fingerprint density at radius 2 is 1.93 bits per heavy atom. The summed E-state index contributed by atoms with van der Waals surface area (Å²) in [6.45, 7) is 0. The number of carbonyl (C=O) groups is 1. The second kappa shape index (κ2) is 7.50. The molecule has 1 heterocycles. The molecule has 4 rings (SSSR count). The van der Waals surface area contributed by atoms with E-state index in [1.807, 2.05) is 35.7 Å². The van der Waals surface area contributed by atoms with E-state index >= 15 is 0 Å². The molecule has 0 saturated heterocycles. The third-order valence-corrected chi connectivity index (χ3v) is 5.45. The molecule has 3 aromatic carbocycles. The Kier molecular flexibility index (Phi) is 4.92. The number of fused-ring (bicyclic) bond motifs is 1. The molecule has 1 aromatic heterocycles. The maximum absolute atomic E-state index is 12.7. The first-order valence-electron chi connectivity index (χ1n) is 8.24. The molecule has 134 valence electrons. The lowest BCUT2D eigenvalue weighted by Crippen LogP contribution is -2.13. The molecule has 0 saturated carbocycles. The van der Waals surface area contributed by atoms with Gasteiger partial charge in [0.05, 0.1) is 18.4 Å². The molecule has 0 spiro atoms. The van der Waals surface area contributed by atoms with Crippen LogP contribution in [0.15, 0.2) is 70.5 Å². The highest BCUT2D eigenvalue weighted by molar-refractivity contribution is 9.10. The highest BCUT2D eigenvalue weighted by Gasteiger charge is 2.15. The standard InChI is InChI=1S/C21H15BrN2O2S/c1-26-19-10-9-14(22)11-17(19)20(25)24-21-23-18(12-27-21)16-8-4-6-13-5-2-3-7-15(13)16/h2-12H,1H3,(H,23,24,25). The Hall–Kier alpha value is -2.70. The lowest BCUT2D eigenvalue weighted by atomic mass is 10.0. The fraction of sp³-hybridized carbons (Fsp3) is 0.0476. The van der Waals surface area contributed by atoms with Crippen molar-refractivity contribution >= 4 is 49.1 Å². The van der Waals surface area contributed by atoms with Gasteiger partial charge in [0.2, 0.25) is 0 Å². The number of ether oxygens (including phenoxy) is 1. The fourth-order valence-electron chi connectivity index (χ4n) is 2.93. The number of nitrogens with one attached hydrogen (secondary N) is 1. The summed E-state index contributed by atoms with van der Waals surface area (Å²) >= 11 is 4.79. The molecule has 0 aliphatic heterocycles. The zero-order valence-corrected chi connectivity index (χ0v) is 16.8. The van der Waals surface area contributed by atoms with Crippen LogP contribution in [0, 0.1) is 0 Å². The Morgan fingerprint density at radius 1 is 1.11 bits per heavy atom. The Bertz CT molecular complexity index is 1130. The summed E-state index contributed by atoms with van der Waals surface area (Å²) in [5, 5.41) is 7.66. The average Bonchev–Trinajstić information content (AvgIpc) is 3.15. The third kappa shape index (κ3) is 3.59. The van der Waals surface area contributed by atoms with Crippen LogP contribution in [0.4, 0.5) is 5.13 Å². The zero-order valence-electron chi connectivity index (χ0n) is 14.4. The summed E-state index contributed by atoms with van der Waals surface area (Å²) in [6, 6.07) is 19.6. The molecular formula is C21H15BrN2O2S. The topological polar surface area (TPSA) is 51.2 Å². The zero-order chi connectivity index (χ0) is 18.8. The number of nitrogens with zero attached hydrogens (tertiary/aromatic N) is 1. The van der Waals surface area contributed by atoms with Crippen molar-refractivity contribution in [3.8, 4) is 17.0 Å². The molecule has 0 unspecified atom stereocenters. The summed E-state index contributed by atoms with van der Waals surface area (Å²) < 4.78 is 6.09. The quantitative estimate of drug-likeness (QED) is 0.425. The first-order chi connectivity index (χ1) is 13.2. The van der Waals surface area contributed by atoms with E-state index in [-0.39, 0.29) is 5.91 Å².